The van der Waals surface area contributed by atoms with Gasteiger partial charge in [-0.05, 0) is 31.9 Å². The van der Waals surface area contributed by atoms with Crippen molar-refractivity contribution in [1.82, 2.24) is 30.1 Å². The van der Waals surface area contributed by atoms with Gasteiger partial charge in [0.25, 0.3) is 5.56 Å². The van der Waals surface area contributed by atoms with E-state index in [0.29, 0.717) is 29.9 Å². The van der Waals surface area contributed by atoms with Crippen LogP contribution in [-0.4, -0.2) is 61.7 Å². The lowest BCUT2D eigenvalue weighted by Gasteiger charge is -2.32. The predicted octanol–water partition coefficient (Wildman–Crippen LogP) is 1.06. The lowest BCUT2D eigenvalue weighted by molar-refractivity contribution is -0.126. The van der Waals surface area contributed by atoms with Gasteiger partial charge in [0, 0.05) is 61.2 Å². The van der Waals surface area contributed by atoms with E-state index < -0.39 is 18.0 Å². The topological polar surface area (TPSA) is 129 Å². The van der Waals surface area contributed by atoms with Crippen LogP contribution >= 0.6 is 0 Å². The van der Waals surface area contributed by atoms with Crippen LogP contribution in [0.25, 0.3) is 11.1 Å². The molecule has 0 radical (unpaired) electrons. The predicted molar refractivity (Wildman–Crippen MR) is 124 cm³/mol. The summed E-state index contributed by atoms with van der Waals surface area (Å²) in [5.41, 5.74) is 1.59. The first-order valence-electron chi connectivity index (χ1n) is 12.0. The first kappa shape index (κ1) is 22.5. The molecule has 0 spiro atoms. The zero-order valence-corrected chi connectivity index (χ0v) is 19.2. The van der Waals surface area contributed by atoms with Crippen molar-refractivity contribution in [3.63, 3.8) is 0 Å². The summed E-state index contributed by atoms with van der Waals surface area (Å²) in [6, 6.07) is 2.08. The Morgan fingerprint density at radius 1 is 1.18 bits per heavy atom. The summed E-state index contributed by atoms with van der Waals surface area (Å²) in [6.07, 6.45) is 8.57. The average molecular weight is 467 g/mol. The summed E-state index contributed by atoms with van der Waals surface area (Å²) in [4.78, 5) is 49.7. The number of aliphatic hydroxyl groups is 1. The summed E-state index contributed by atoms with van der Waals surface area (Å²) < 4.78 is 1.67. The number of likely N-dealkylation sites (tertiary alicyclic amines) is 1. The molecule has 0 bridgehead atoms. The van der Waals surface area contributed by atoms with Crippen molar-refractivity contribution in [3.05, 3.63) is 46.9 Å². The van der Waals surface area contributed by atoms with Gasteiger partial charge < -0.3 is 25.2 Å². The van der Waals surface area contributed by atoms with E-state index in [1.165, 1.54) is 6.33 Å². The molecular weight excluding hydrogens is 436 g/mol. The Balaban J connectivity index is 1.56. The van der Waals surface area contributed by atoms with Crippen molar-refractivity contribution >= 4 is 11.9 Å². The van der Waals surface area contributed by atoms with Crippen LogP contribution in [0.15, 0.2) is 35.6 Å². The normalized spacial score (nSPS) is 25.8. The van der Waals surface area contributed by atoms with Crippen molar-refractivity contribution in [2.45, 2.75) is 57.3 Å². The largest absolute Gasteiger partial charge is 0.396 e. The maximum atomic E-state index is 13.6. The van der Waals surface area contributed by atoms with E-state index in [2.05, 4.69) is 20.6 Å². The molecule has 0 unspecified atom stereocenters. The van der Waals surface area contributed by atoms with Gasteiger partial charge in [-0.2, -0.15) is 0 Å². The van der Waals surface area contributed by atoms with Crippen molar-refractivity contribution in [1.29, 1.82) is 0 Å². The quantitative estimate of drug-likeness (QED) is 0.604. The fraction of sp³-hybridized carbons (Fsp3) is 0.542. The molecule has 1 saturated heterocycles. The van der Waals surface area contributed by atoms with E-state index in [9.17, 15) is 19.5 Å². The number of urea groups is 1. The van der Waals surface area contributed by atoms with Crippen LogP contribution < -0.4 is 16.2 Å². The Morgan fingerprint density at radius 3 is 2.59 bits per heavy atom. The first-order chi connectivity index (χ1) is 16.5. The Morgan fingerprint density at radius 2 is 1.91 bits per heavy atom. The average Bonchev–Trinajstić information content (AvgIpc) is 3.55. The molecule has 180 valence electrons. The number of rotatable bonds is 5. The molecule has 3 amide bonds. The summed E-state index contributed by atoms with van der Waals surface area (Å²) in [5, 5.41) is 16.3. The minimum Gasteiger partial charge on any atom is -0.396 e. The maximum Gasteiger partial charge on any atom is 0.318 e. The fourth-order valence-electron chi connectivity index (χ4n) is 5.97. The number of carbonyl (C=O) groups excluding carboxylic acids is 2. The highest BCUT2D eigenvalue weighted by Crippen LogP contribution is 2.49. The summed E-state index contributed by atoms with van der Waals surface area (Å²) in [6.45, 7) is 2.33. The van der Waals surface area contributed by atoms with E-state index in [-0.39, 0.29) is 36.1 Å². The number of hydrogen-bond donors (Lipinski definition) is 3. The number of pyridine rings is 1. The van der Waals surface area contributed by atoms with Crippen LogP contribution in [0.3, 0.4) is 0 Å². The van der Waals surface area contributed by atoms with Gasteiger partial charge in [0.2, 0.25) is 5.91 Å². The molecule has 10 nitrogen and oxygen atoms in total. The number of nitrogens with one attached hydrogen (secondary N) is 2. The maximum absolute atomic E-state index is 13.6. The molecule has 1 saturated carbocycles. The van der Waals surface area contributed by atoms with Gasteiger partial charge in [-0.1, -0.05) is 12.8 Å². The highest BCUT2D eigenvalue weighted by atomic mass is 16.3. The smallest absolute Gasteiger partial charge is 0.318 e. The third kappa shape index (κ3) is 3.66. The molecule has 0 aromatic carbocycles. The summed E-state index contributed by atoms with van der Waals surface area (Å²) in [7, 11) is 0. The molecule has 2 fully saturated rings. The van der Waals surface area contributed by atoms with Crippen LogP contribution in [0.4, 0.5) is 4.79 Å². The lowest BCUT2D eigenvalue weighted by Crippen LogP contribution is -2.54. The molecule has 34 heavy (non-hydrogen) atoms. The third-order valence-electron chi connectivity index (χ3n) is 7.48. The molecular formula is C24H30N6O4. The number of nitrogens with zero attached hydrogens (tertiary/aromatic N) is 4. The SMILES string of the molecule is CCNC(=O)[C@H]1[C@H](CO)[C@H]2Cn3c(ccc(-c4cncnc4)c3=O)[C@H]2N1C(=O)NC1CCCC1. The second-order valence-electron chi connectivity index (χ2n) is 9.35. The molecule has 4 atom stereocenters. The zero-order chi connectivity index (χ0) is 23.8. The highest BCUT2D eigenvalue weighted by Gasteiger charge is 2.57. The number of aliphatic hydroxyl groups excluding tert-OH is 1. The van der Waals surface area contributed by atoms with Crippen LogP contribution in [0.1, 0.15) is 44.3 Å². The fourth-order valence-corrected chi connectivity index (χ4v) is 5.97. The minimum absolute atomic E-state index is 0.0815. The van der Waals surface area contributed by atoms with Crippen molar-refractivity contribution in [2.75, 3.05) is 13.2 Å². The molecule has 5 rings (SSSR count). The van der Waals surface area contributed by atoms with Gasteiger partial charge in [0.15, 0.2) is 0 Å². The molecule has 2 aromatic rings. The number of hydrogen-bond acceptors (Lipinski definition) is 6. The van der Waals surface area contributed by atoms with Crippen LogP contribution in [0.5, 0.6) is 0 Å². The Hall–Kier alpha value is -3.27. The number of likely N-dealkylation sites (N-methyl/N-ethyl adjacent to an activating group) is 1. The second-order valence-corrected chi connectivity index (χ2v) is 9.35. The number of fused-ring (bicyclic) bond motifs is 3. The van der Waals surface area contributed by atoms with Crippen molar-refractivity contribution < 1.29 is 14.7 Å². The van der Waals surface area contributed by atoms with Crippen molar-refractivity contribution in [3.8, 4) is 11.1 Å². The van der Waals surface area contributed by atoms with Gasteiger partial charge in [-0.15, -0.1) is 0 Å². The zero-order valence-electron chi connectivity index (χ0n) is 19.2. The molecule has 3 N–H and O–H groups in total. The van der Waals surface area contributed by atoms with Gasteiger partial charge in [-0.25, -0.2) is 14.8 Å². The number of carbonyl (C=O) groups is 2. The van der Waals surface area contributed by atoms with Crippen molar-refractivity contribution in [2.24, 2.45) is 11.8 Å². The van der Waals surface area contributed by atoms with Crippen LogP contribution in [0.2, 0.25) is 0 Å². The van der Waals surface area contributed by atoms with E-state index in [4.69, 9.17) is 0 Å². The Labute approximate surface area is 197 Å². The van der Waals surface area contributed by atoms with Crippen LogP contribution in [-0.2, 0) is 11.3 Å². The summed E-state index contributed by atoms with van der Waals surface area (Å²) >= 11 is 0. The highest BCUT2D eigenvalue weighted by molar-refractivity contribution is 5.88. The molecule has 10 heteroatoms. The van der Waals surface area contributed by atoms with E-state index in [1.54, 1.807) is 27.9 Å². The van der Waals surface area contributed by atoms with Gasteiger partial charge in [0.05, 0.1) is 11.6 Å². The molecule has 2 aromatic heterocycles. The second kappa shape index (κ2) is 9.17. The number of aromatic nitrogens is 3. The van der Waals surface area contributed by atoms with Gasteiger partial charge in [-0.3, -0.25) is 9.59 Å². The molecule has 2 aliphatic heterocycles. The summed E-state index contributed by atoms with van der Waals surface area (Å²) in [5.74, 6) is -1.000. The van der Waals surface area contributed by atoms with Gasteiger partial charge in [0.1, 0.15) is 12.4 Å². The van der Waals surface area contributed by atoms with E-state index >= 15 is 0 Å². The van der Waals surface area contributed by atoms with E-state index in [1.807, 2.05) is 13.0 Å². The first-order valence-corrected chi connectivity index (χ1v) is 12.0. The third-order valence-corrected chi connectivity index (χ3v) is 7.48. The Kier molecular flexibility index (Phi) is 6.07. The lowest BCUT2D eigenvalue weighted by atomic mass is 9.88. The minimum atomic E-state index is -0.799. The molecule has 3 aliphatic rings. The van der Waals surface area contributed by atoms with Gasteiger partial charge >= 0.3 is 6.03 Å². The number of amides is 3. The monoisotopic (exact) mass is 466 g/mol. The van der Waals surface area contributed by atoms with Crippen LogP contribution in [0, 0.1) is 11.8 Å². The molecule has 4 heterocycles. The standard InChI is InChI=1S/C24H30N6O4/c1-2-27-22(32)21-18(12-31)17-11-29-19(8-7-16(23(29)33)14-9-25-13-26-10-14)20(17)30(21)24(34)28-15-5-3-4-6-15/h7-10,13,15,17-18,20-21,31H,2-6,11-12H2,1H3,(H,27,32)(H,28,34)/t17-,18-,20+,21-/m1/s1. The van der Waals surface area contributed by atoms with E-state index in [0.717, 1.165) is 25.7 Å². The molecule has 1 aliphatic carbocycles. The Bertz CT molecular complexity index is 1130.